The summed E-state index contributed by atoms with van der Waals surface area (Å²) in [7, 11) is 0. The Morgan fingerprint density at radius 2 is 1.71 bits per heavy atom. The number of rotatable bonds is 1. The first-order valence-electron chi connectivity index (χ1n) is 11.8. The molecule has 5 rings (SSSR count). The number of likely N-dealkylation sites (tertiary alicyclic amines) is 1. The number of carbonyl (C=O) groups excluding carboxylic acids is 4. The first kappa shape index (κ1) is 22.5. The molecular weight excluding hydrogens is 430 g/mol. The molecule has 1 aliphatic heterocycles. The van der Waals surface area contributed by atoms with Gasteiger partial charge in [0.2, 0.25) is 11.8 Å². The van der Waals surface area contributed by atoms with E-state index in [1.165, 1.54) is 11.0 Å². The van der Waals surface area contributed by atoms with Gasteiger partial charge in [-0.25, -0.2) is 0 Å². The predicted octanol–water partition coefficient (Wildman–Crippen LogP) is 3.93. The van der Waals surface area contributed by atoms with Crippen molar-refractivity contribution in [1.82, 2.24) is 4.90 Å². The van der Waals surface area contributed by atoms with Gasteiger partial charge in [-0.1, -0.05) is 29.8 Å². The van der Waals surface area contributed by atoms with Crippen LogP contribution in [-0.4, -0.2) is 38.9 Å². The van der Waals surface area contributed by atoms with Gasteiger partial charge < -0.3 is 5.11 Å². The standard InChI is InChI=1S/C28H29NO5/c1-13-7-6-8-16(24(13)31)21-15-9-10-17-22(27(34)29(26(17)33)28(3,4)5)18(15)12-19-20(30)11-14(2)25(32)23(19)21/h6-9,11,17-18,21-22,31H,10,12H2,1-5H3/t17-,18+,21+,22-/m0/s1. The molecule has 0 aromatic heterocycles. The molecule has 0 unspecified atom stereocenters. The Morgan fingerprint density at radius 1 is 1.00 bits per heavy atom. The van der Waals surface area contributed by atoms with Crippen molar-refractivity contribution in [3.8, 4) is 5.75 Å². The summed E-state index contributed by atoms with van der Waals surface area (Å²) < 4.78 is 0. The maximum atomic E-state index is 13.6. The van der Waals surface area contributed by atoms with Crippen LogP contribution in [-0.2, 0) is 19.2 Å². The van der Waals surface area contributed by atoms with E-state index in [0.717, 1.165) is 5.57 Å². The second kappa shape index (κ2) is 7.36. The molecule has 1 heterocycles. The van der Waals surface area contributed by atoms with Gasteiger partial charge in [0, 0.05) is 33.7 Å². The fourth-order valence-electron chi connectivity index (χ4n) is 6.29. The second-order valence-corrected chi connectivity index (χ2v) is 10.9. The summed E-state index contributed by atoms with van der Waals surface area (Å²) in [5, 5.41) is 11.0. The lowest BCUT2D eigenvalue weighted by Gasteiger charge is -2.42. The van der Waals surface area contributed by atoms with Gasteiger partial charge in [0.15, 0.2) is 11.6 Å². The summed E-state index contributed by atoms with van der Waals surface area (Å²) in [5.74, 6) is -2.78. The van der Waals surface area contributed by atoms with E-state index in [4.69, 9.17) is 0 Å². The lowest BCUT2D eigenvalue weighted by Crippen LogP contribution is -2.46. The number of allylic oxidation sites excluding steroid dienone is 6. The molecular formula is C28H29NO5. The second-order valence-electron chi connectivity index (χ2n) is 10.9. The van der Waals surface area contributed by atoms with E-state index in [-0.39, 0.29) is 41.5 Å². The van der Waals surface area contributed by atoms with E-state index < -0.39 is 23.3 Å². The highest BCUT2D eigenvalue weighted by Gasteiger charge is 2.58. The molecule has 0 bridgehead atoms. The first-order valence-corrected chi connectivity index (χ1v) is 11.8. The fraction of sp³-hybridized carbons (Fsp3) is 0.429. The predicted molar refractivity (Wildman–Crippen MR) is 126 cm³/mol. The summed E-state index contributed by atoms with van der Waals surface area (Å²) >= 11 is 0. The number of phenolic OH excluding ortho intramolecular Hbond substituents is 1. The number of carbonyl (C=O) groups is 4. The molecule has 1 aromatic carbocycles. The van der Waals surface area contributed by atoms with Crippen LogP contribution in [0, 0.1) is 24.7 Å². The number of para-hydroxylation sites is 1. The number of imide groups is 1. The largest absolute Gasteiger partial charge is 0.507 e. The molecule has 0 spiro atoms. The Balaban J connectivity index is 1.71. The van der Waals surface area contributed by atoms with Crippen LogP contribution in [0.25, 0.3) is 0 Å². The fourth-order valence-corrected chi connectivity index (χ4v) is 6.29. The number of nitrogens with zero attached hydrogens (tertiary/aromatic N) is 1. The van der Waals surface area contributed by atoms with Gasteiger partial charge >= 0.3 is 0 Å². The van der Waals surface area contributed by atoms with E-state index in [1.807, 2.05) is 32.9 Å². The van der Waals surface area contributed by atoms with E-state index in [2.05, 4.69) is 0 Å². The summed E-state index contributed by atoms with van der Waals surface area (Å²) in [6, 6.07) is 5.39. The lowest BCUT2D eigenvalue weighted by atomic mass is 9.59. The first-order chi connectivity index (χ1) is 15.9. The zero-order chi connectivity index (χ0) is 24.7. The topological polar surface area (TPSA) is 91.8 Å². The molecule has 1 fully saturated rings. The monoisotopic (exact) mass is 459 g/mol. The van der Waals surface area contributed by atoms with Crippen LogP contribution in [0.1, 0.15) is 57.6 Å². The molecule has 34 heavy (non-hydrogen) atoms. The number of ketones is 2. The maximum Gasteiger partial charge on any atom is 0.234 e. The zero-order valence-electron chi connectivity index (χ0n) is 20.1. The van der Waals surface area contributed by atoms with Gasteiger partial charge in [-0.15, -0.1) is 0 Å². The Hall–Kier alpha value is -3.28. The molecule has 4 aliphatic rings. The van der Waals surface area contributed by atoms with Crippen molar-refractivity contribution in [3.63, 3.8) is 0 Å². The van der Waals surface area contributed by atoms with Crippen LogP contribution in [0.4, 0.5) is 0 Å². The average Bonchev–Trinajstić information content (AvgIpc) is 3.03. The number of hydrogen-bond acceptors (Lipinski definition) is 5. The van der Waals surface area contributed by atoms with Crippen molar-refractivity contribution in [2.24, 2.45) is 17.8 Å². The Morgan fingerprint density at radius 3 is 2.38 bits per heavy atom. The van der Waals surface area contributed by atoms with Crippen LogP contribution < -0.4 is 0 Å². The van der Waals surface area contributed by atoms with E-state index in [1.54, 1.807) is 26.0 Å². The number of phenols is 1. The van der Waals surface area contributed by atoms with Crippen molar-refractivity contribution >= 4 is 23.4 Å². The van der Waals surface area contributed by atoms with Crippen molar-refractivity contribution in [1.29, 1.82) is 0 Å². The minimum atomic E-state index is -0.643. The van der Waals surface area contributed by atoms with Crippen molar-refractivity contribution in [2.45, 2.75) is 58.9 Å². The van der Waals surface area contributed by atoms with Gasteiger partial charge in [-0.2, -0.15) is 0 Å². The van der Waals surface area contributed by atoms with Gasteiger partial charge in [0.25, 0.3) is 0 Å². The quantitative estimate of drug-likeness (QED) is 0.390. The number of aryl methyl sites for hydroxylation is 1. The summed E-state index contributed by atoms with van der Waals surface area (Å²) in [6.45, 7) is 8.97. The summed E-state index contributed by atoms with van der Waals surface area (Å²) in [4.78, 5) is 54.7. The van der Waals surface area contributed by atoms with E-state index in [0.29, 0.717) is 34.3 Å². The lowest BCUT2D eigenvalue weighted by molar-refractivity contribution is -0.145. The number of aromatic hydroxyl groups is 1. The third kappa shape index (κ3) is 3.00. The van der Waals surface area contributed by atoms with Crippen LogP contribution >= 0.6 is 0 Å². The number of amides is 2. The van der Waals surface area contributed by atoms with Crippen molar-refractivity contribution in [3.05, 3.63) is 63.8 Å². The molecule has 1 aromatic rings. The zero-order valence-corrected chi connectivity index (χ0v) is 20.1. The minimum Gasteiger partial charge on any atom is -0.507 e. The number of fused-ring (bicyclic) bond motifs is 3. The molecule has 176 valence electrons. The Labute approximate surface area is 199 Å². The SMILES string of the molecule is CC1=CC(=O)C2=C(C1=O)[C@@H](c1cccc(C)c1O)C1=CC[C@@H]3C(=O)N(C(C)(C)C)C(=O)[C@@H]3[C@@H]1C2. The molecule has 1 N–H and O–H groups in total. The molecule has 4 atom stereocenters. The Bertz CT molecular complexity index is 1270. The smallest absolute Gasteiger partial charge is 0.234 e. The van der Waals surface area contributed by atoms with Crippen LogP contribution in [0.5, 0.6) is 5.75 Å². The van der Waals surface area contributed by atoms with Gasteiger partial charge in [-0.3, -0.25) is 24.1 Å². The Kier molecular flexibility index (Phi) is 4.87. The maximum absolute atomic E-state index is 13.6. The highest BCUT2D eigenvalue weighted by atomic mass is 16.3. The minimum absolute atomic E-state index is 0.0839. The molecule has 0 radical (unpaired) electrons. The number of hydrogen-bond donors (Lipinski definition) is 1. The van der Waals surface area contributed by atoms with E-state index in [9.17, 15) is 24.3 Å². The van der Waals surface area contributed by atoms with Crippen molar-refractivity contribution < 1.29 is 24.3 Å². The van der Waals surface area contributed by atoms with E-state index >= 15 is 0 Å². The highest BCUT2D eigenvalue weighted by molar-refractivity contribution is 6.24. The van der Waals surface area contributed by atoms with Crippen molar-refractivity contribution in [2.75, 3.05) is 0 Å². The molecule has 0 saturated carbocycles. The number of Topliss-reactive ketones (excluding diaryl/α,β-unsaturated/α-hetero) is 1. The molecule has 3 aliphatic carbocycles. The summed E-state index contributed by atoms with van der Waals surface area (Å²) in [6.07, 6.45) is 3.99. The molecule has 6 nitrogen and oxygen atoms in total. The third-order valence-electron chi connectivity index (χ3n) is 7.82. The molecule has 2 amide bonds. The third-order valence-corrected chi connectivity index (χ3v) is 7.82. The summed E-state index contributed by atoms with van der Waals surface area (Å²) in [5.41, 5.74) is 2.62. The normalized spacial score (nSPS) is 29.0. The van der Waals surface area contributed by atoms with Crippen LogP contribution in [0.2, 0.25) is 0 Å². The van der Waals surface area contributed by atoms with Crippen LogP contribution in [0.3, 0.4) is 0 Å². The van der Waals surface area contributed by atoms with Crippen LogP contribution in [0.15, 0.2) is 52.6 Å². The number of benzene rings is 1. The molecule has 6 heteroatoms. The highest BCUT2D eigenvalue weighted by Crippen LogP contribution is 2.56. The van der Waals surface area contributed by atoms with Gasteiger partial charge in [0.05, 0.1) is 11.8 Å². The average molecular weight is 460 g/mol. The van der Waals surface area contributed by atoms with Gasteiger partial charge in [0.1, 0.15) is 5.75 Å². The van der Waals surface area contributed by atoms with Gasteiger partial charge in [-0.05, 0) is 65.0 Å². The molecule has 1 saturated heterocycles.